The van der Waals surface area contributed by atoms with Gasteiger partial charge in [0.25, 0.3) is 0 Å². The summed E-state index contributed by atoms with van der Waals surface area (Å²) in [6.45, 7) is 7.54. The highest BCUT2D eigenvalue weighted by atomic mass is 14.9. The zero-order chi connectivity index (χ0) is 14.1. The van der Waals surface area contributed by atoms with Crippen LogP contribution in [0.5, 0.6) is 0 Å². The third-order valence-electron chi connectivity index (χ3n) is 3.93. The molecule has 0 fully saturated rings. The molecule has 3 rings (SSSR count). The van der Waals surface area contributed by atoms with E-state index in [-0.39, 0.29) is 0 Å². The first-order chi connectivity index (χ1) is 9.63. The summed E-state index contributed by atoms with van der Waals surface area (Å²) in [7, 11) is 0. The average Bonchev–Trinajstić information content (AvgIpc) is 2.81. The van der Waals surface area contributed by atoms with Gasteiger partial charge in [-0.05, 0) is 47.6 Å². The fourth-order valence-electron chi connectivity index (χ4n) is 2.66. The van der Waals surface area contributed by atoms with E-state index in [0.29, 0.717) is 5.92 Å². The van der Waals surface area contributed by atoms with Crippen LogP contribution in [0.2, 0.25) is 0 Å². The van der Waals surface area contributed by atoms with Crippen molar-refractivity contribution in [2.45, 2.75) is 33.2 Å². The standard InChI is InChI=1S/C19H21N/c1-14(2)17-7-5-16(6-8-17)13-20-11-10-18-12-15(3)4-9-19(18)20/h4-12,14H,13H2,1-3H3. The number of hydrogen-bond acceptors (Lipinski definition) is 0. The summed E-state index contributed by atoms with van der Waals surface area (Å²) < 4.78 is 2.32. The van der Waals surface area contributed by atoms with E-state index < -0.39 is 0 Å². The topological polar surface area (TPSA) is 4.93 Å². The molecule has 20 heavy (non-hydrogen) atoms. The average molecular weight is 263 g/mol. The van der Waals surface area contributed by atoms with Crippen molar-refractivity contribution in [2.24, 2.45) is 0 Å². The van der Waals surface area contributed by atoms with Crippen molar-refractivity contribution in [3.63, 3.8) is 0 Å². The van der Waals surface area contributed by atoms with E-state index in [1.54, 1.807) is 0 Å². The Morgan fingerprint density at radius 3 is 2.40 bits per heavy atom. The number of benzene rings is 2. The predicted octanol–water partition coefficient (Wildman–Crippen LogP) is 5.12. The summed E-state index contributed by atoms with van der Waals surface area (Å²) in [5, 5.41) is 1.32. The second kappa shape index (κ2) is 5.16. The van der Waals surface area contributed by atoms with Crippen LogP contribution in [0.4, 0.5) is 0 Å². The van der Waals surface area contributed by atoms with Crippen molar-refractivity contribution in [1.82, 2.24) is 4.57 Å². The molecule has 0 aliphatic heterocycles. The van der Waals surface area contributed by atoms with Crippen LogP contribution in [0.25, 0.3) is 10.9 Å². The molecule has 1 heterocycles. The fraction of sp³-hybridized carbons (Fsp3) is 0.263. The second-order valence-corrected chi connectivity index (χ2v) is 5.90. The van der Waals surface area contributed by atoms with Gasteiger partial charge in [-0.25, -0.2) is 0 Å². The minimum atomic E-state index is 0.597. The van der Waals surface area contributed by atoms with Crippen LogP contribution < -0.4 is 0 Å². The molecule has 0 unspecified atom stereocenters. The lowest BCUT2D eigenvalue weighted by Crippen LogP contribution is -1.98. The number of rotatable bonds is 3. The first-order valence-electron chi connectivity index (χ1n) is 7.28. The monoisotopic (exact) mass is 263 g/mol. The quantitative estimate of drug-likeness (QED) is 0.618. The SMILES string of the molecule is Cc1ccc2c(ccn2Cc2ccc(C(C)C)cc2)c1. The Hall–Kier alpha value is -2.02. The van der Waals surface area contributed by atoms with Crippen LogP contribution in [0.1, 0.15) is 36.5 Å². The van der Waals surface area contributed by atoms with E-state index in [4.69, 9.17) is 0 Å². The largest absolute Gasteiger partial charge is 0.343 e. The zero-order valence-electron chi connectivity index (χ0n) is 12.4. The lowest BCUT2D eigenvalue weighted by atomic mass is 10.0. The molecular weight excluding hydrogens is 242 g/mol. The first kappa shape index (κ1) is 13.0. The van der Waals surface area contributed by atoms with Gasteiger partial charge in [-0.1, -0.05) is 49.7 Å². The van der Waals surface area contributed by atoms with Crippen molar-refractivity contribution < 1.29 is 0 Å². The molecule has 1 heteroatoms. The second-order valence-electron chi connectivity index (χ2n) is 5.90. The normalized spacial score (nSPS) is 11.4. The molecule has 0 saturated carbocycles. The highest BCUT2D eigenvalue weighted by Gasteiger charge is 2.03. The zero-order valence-corrected chi connectivity index (χ0v) is 12.4. The van der Waals surface area contributed by atoms with Crippen molar-refractivity contribution in [3.05, 3.63) is 71.4 Å². The number of nitrogens with zero attached hydrogens (tertiary/aromatic N) is 1. The van der Waals surface area contributed by atoms with E-state index in [0.717, 1.165) is 6.54 Å². The van der Waals surface area contributed by atoms with Crippen molar-refractivity contribution in [3.8, 4) is 0 Å². The van der Waals surface area contributed by atoms with Gasteiger partial charge in [0, 0.05) is 18.3 Å². The fourth-order valence-corrected chi connectivity index (χ4v) is 2.66. The van der Waals surface area contributed by atoms with Gasteiger partial charge >= 0.3 is 0 Å². The van der Waals surface area contributed by atoms with E-state index in [2.05, 4.69) is 80.1 Å². The van der Waals surface area contributed by atoms with Gasteiger partial charge in [0.05, 0.1) is 0 Å². The molecule has 0 aliphatic carbocycles. The van der Waals surface area contributed by atoms with E-state index >= 15 is 0 Å². The van der Waals surface area contributed by atoms with Crippen LogP contribution in [0.15, 0.2) is 54.7 Å². The number of fused-ring (bicyclic) bond motifs is 1. The van der Waals surface area contributed by atoms with Crippen LogP contribution in [-0.2, 0) is 6.54 Å². The Bertz CT molecular complexity index is 717. The van der Waals surface area contributed by atoms with E-state index in [1.807, 2.05) is 0 Å². The maximum absolute atomic E-state index is 2.32. The molecule has 102 valence electrons. The molecule has 0 amide bonds. The minimum absolute atomic E-state index is 0.597. The molecule has 1 aromatic heterocycles. The summed E-state index contributed by atoms with van der Waals surface area (Å²) in [5.74, 6) is 0.597. The van der Waals surface area contributed by atoms with Gasteiger partial charge in [-0.2, -0.15) is 0 Å². The number of aromatic nitrogens is 1. The molecule has 0 N–H and O–H groups in total. The highest BCUT2D eigenvalue weighted by Crippen LogP contribution is 2.20. The summed E-state index contributed by atoms with van der Waals surface area (Å²) >= 11 is 0. The van der Waals surface area contributed by atoms with E-state index in [1.165, 1.54) is 27.6 Å². The molecule has 1 nitrogen and oxygen atoms in total. The molecule has 0 radical (unpaired) electrons. The number of hydrogen-bond donors (Lipinski definition) is 0. The third kappa shape index (κ3) is 2.49. The molecular formula is C19H21N. The van der Waals surface area contributed by atoms with Gasteiger partial charge in [0.1, 0.15) is 0 Å². The Morgan fingerprint density at radius 1 is 0.950 bits per heavy atom. The van der Waals surface area contributed by atoms with Gasteiger partial charge in [-0.15, -0.1) is 0 Å². The smallest absolute Gasteiger partial charge is 0.0483 e. The maximum Gasteiger partial charge on any atom is 0.0483 e. The Balaban J connectivity index is 1.89. The lowest BCUT2D eigenvalue weighted by molar-refractivity contribution is 0.829. The maximum atomic E-state index is 2.32. The van der Waals surface area contributed by atoms with Crippen LogP contribution in [-0.4, -0.2) is 4.57 Å². The molecule has 0 aliphatic rings. The lowest BCUT2D eigenvalue weighted by Gasteiger charge is -2.09. The molecule has 0 bridgehead atoms. The van der Waals surface area contributed by atoms with Crippen molar-refractivity contribution >= 4 is 10.9 Å². The summed E-state index contributed by atoms with van der Waals surface area (Å²) in [6.07, 6.45) is 2.18. The molecule has 0 saturated heterocycles. The van der Waals surface area contributed by atoms with Gasteiger partial charge in [-0.3, -0.25) is 0 Å². The molecule has 3 aromatic rings. The van der Waals surface area contributed by atoms with Crippen LogP contribution in [0, 0.1) is 6.92 Å². The van der Waals surface area contributed by atoms with Crippen molar-refractivity contribution in [2.75, 3.05) is 0 Å². The molecule has 2 aromatic carbocycles. The summed E-state index contributed by atoms with van der Waals surface area (Å²) in [6, 6.07) is 17.8. The van der Waals surface area contributed by atoms with Crippen molar-refractivity contribution in [1.29, 1.82) is 0 Å². The van der Waals surface area contributed by atoms with Gasteiger partial charge in [0.15, 0.2) is 0 Å². The van der Waals surface area contributed by atoms with Crippen LogP contribution >= 0.6 is 0 Å². The van der Waals surface area contributed by atoms with Gasteiger partial charge < -0.3 is 4.57 Å². The van der Waals surface area contributed by atoms with Gasteiger partial charge in [0.2, 0.25) is 0 Å². The summed E-state index contributed by atoms with van der Waals surface area (Å²) in [4.78, 5) is 0. The summed E-state index contributed by atoms with van der Waals surface area (Å²) in [5.41, 5.74) is 5.38. The Labute approximate surface area is 120 Å². The molecule has 0 spiro atoms. The molecule has 0 atom stereocenters. The minimum Gasteiger partial charge on any atom is -0.343 e. The predicted molar refractivity (Wildman–Crippen MR) is 86.3 cm³/mol. The van der Waals surface area contributed by atoms with Crippen LogP contribution in [0.3, 0.4) is 0 Å². The Morgan fingerprint density at radius 2 is 1.70 bits per heavy atom. The third-order valence-corrected chi connectivity index (χ3v) is 3.93. The first-order valence-corrected chi connectivity index (χ1v) is 7.28. The number of aryl methyl sites for hydroxylation is 1. The Kier molecular flexibility index (Phi) is 3.35. The van der Waals surface area contributed by atoms with E-state index in [9.17, 15) is 0 Å². The highest BCUT2D eigenvalue weighted by molar-refractivity contribution is 5.80.